The minimum absolute atomic E-state index is 0.271. The van der Waals surface area contributed by atoms with Gasteiger partial charge in [0.15, 0.2) is 0 Å². The molecule has 1 unspecified atom stereocenters. The van der Waals surface area contributed by atoms with Crippen molar-refractivity contribution in [3.05, 3.63) is 36.5 Å². The monoisotopic (exact) mass is 317 g/mol. The molecule has 0 N–H and O–H groups in total. The fourth-order valence-electron chi connectivity index (χ4n) is 1.98. The van der Waals surface area contributed by atoms with Gasteiger partial charge in [-0.15, -0.1) is 11.6 Å². The van der Waals surface area contributed by atoms with Crippen molar-refractivity contribution < 1.29 is 17.9 Å². The molecule has 0 fully saturated rings. The quantitative estimate of drug-likeness (QED) is 0.555. The first kappa shape index (κ1) is 15.9. The van der Waals surface area contributed by atoms with Crippen LogP contribution in [0.2, 0.25) is 0 Å². The van der Waals surface area contributed by atoms with Crippen LogP contribution in [0, 0.1) is 0 Å². The molecule has 2 nitrogen and oxygen atoms in total. The lowest BCUT2D eigenvalue weighted by Gasteiger charge is -2.12. The molecule has 1 heterocycles. The van der Waals surface area contributed by atoms with Crippen LogP contribution in [0.5, 0.6) is 5.75 Å². The molecule has 6 heteroatoms. The Morgan fingerprint density at radius 1 is 1.24 bits per heavy atom. The Kier molecular flexibility index (Phi) is 5.28. The Labute approximate surface area is 125 Å². The molecule has 114 valence electrons. The molecule has 21 heavy (non-hydrogen) atoms. The van der Waals surface area contributed by atoms with E-state index in [9.17, 15) is 13.2 Å². The van der Waals surface area contributed by atoms with Gasteiger partial charge in [0.05, 0.1) is 18.5 Å². The van der Waals surface area contributed by atoms with E-state index in [1.165, 1.54) is 0 Å². The second-order valence-electron chi connectivity index (χ2n) is 4.77. The van der Waals surface area contributed by atoms with Crippen LogP contribution in [-0.2, 0) is 0 Å². The highest BCUT2D eigenvalue weighted by Crippen LogP contribution is 2.26. The Bertz CT molecular complexity index is 588. The van der Waals surface area contributed by atoms with Gasteiger partial charge in [-0.2, -0.15) is 13.2 Å². The third kappa shape index (κ3) is 5.42. The maximum atomic E-state index is 12.1. The smallest absolute Gasteiger partial charge is 0.390 e. The summed E-state index contributed by atoms with van der Waals surface area (Å²) in [6.07, 6.45) is -2.73. The van der Waals surface area contributed by atoms with Gasteiger partial charge in [-0.05, 0) is 31.0 Å². The minimum atomic E-state index is -4.21. The fraction of sp³-hybridized carbons (Fsp3) is 0.400. The van der Waals surface area contributed by atoms with Crippen LogP contribution in [0.15, 0.2) is 36.5 Å². The fourth-order valence-corrected chi connectivity index (χ4v) is 2.31. The van der Waals surface area contributed by atoms with E-state index < -0.39 is 18.0 Å². The summed E-state index contributed by atoms with van der Waals surface area (Å²) in [5, 5.41) is 0.114. The molecule has 2 aromatic rings. The lowest BCUT2D eigenvalue weighted by molar-refractivity contribution is -0.134. The average molecular weight is 318 g/mol. The molecule has 1 aromatic heterocycles. The van der Waals surface area contributed by atoms with Crippen LogP contribution < -0.4 is 4.74 Å². The highest BCUT2D eigenvalue weighted by Gasteiger charge is 2.30. The zero-order valence-corrected chi connectivity index (χ0v) is 12.0. The molecule has 1 aromatic carbocycles. The van der Waals surface area contributed by atoms with Crippen LogP contribution in [0.25, 0.3) is 10.9 Å². The first-order valence-corrected chi connectivity index (χ1v) is 7.06. The third-order valence-corrected chi connectivity index (χ3v) is 3.33. The lowest BCUT2D eigenvalue weighted by Crippen LogP contribution is -2.15. The van der Waals surface area contributed by atoms with Gasteiger partial charge in [-0.25, -0.2) is 0 Å². The van der Waals surface area contributed by atoms with Crippen molar-refractivity contribution >= 4 is 22.5 Å². The SMILES string of the molecule is FC(F)(F)CC(Cl)CCCOc1ccc2cccnc2c1. The van der Waals surface area contributed by atoms with Crippen molar-refractivity contribution in [2.45, 2.75) is 30.8 Å². The maximum absolute atomic E-state index is 12.1. The standard InChI is InChI=1S/C15H15ClF3NO/c16-12(10-15(17,18)19)4-2-8-21-13-6-5-11-3-1-7-20-14(11)9-13/h1,3,5-7,9,12H,2,4,8,10H2. The molecule has 0 saturated carbocycles. The van der Waals surface area contributed by atoms with E-state index >= 15 is 0 Å². The van der Waals surface area contributed by atoms with E-state index in [-0.39, 0.29) is 6.42 Å². The number of alkyl halides is 4. The number of nitrogens with zero attached hydrogens (tertiary/aromatic N) is 1. The zero-order valence-electron chi connectivity index (χ0n) is 11.2. The summed E-state index contributed by atoms with van der Waals surface area (Å²) >= 11 is 5.64. The summed E-state index contributed by atoms with van der Waals surface area (Å²) in [6, 6.07) is 9.32. The van der Waals surface area contributed by atoms with Crippen molar-refractivity contribution in [1.82, 2.24) is 4.98 Å². The summed E-state index contributed by atoms with van der Waals surface area (Å²) in [5.74, 6) is 0.656. The molecule has 0 bridgehead atoms. The number of halogens is 4. The van der Waals surface area contributed by atoms with E-state index in [0.717, 1.165) is 10.9 Å². The summed E-state index contributed by atoms with van der Waals surface area (Å²) in [5.41, 5.74) is 0.822. The number of hydrogen-bond donors (Lipinski definition) is 0. The Hall–Kier alpha value is -1.49. The zero-order chi connectivity index (χ0) is 15.3. The predicted molar refractivity (Wildman–Crippen MR) is 76.8 cm³/mol. The number of hydrogen-bond acceptors (Lipinski definition) is 2. The van der Waals surface area contributed by atoms with Gasteiger partial charge in [0, 0.05) is 23.0 Å². The van der Waals surface area contributed by atoms with E-state index in [0.29, 0.717) is 18.8 Å². The predicted octanol–water partition coefficient (Wildman–Crippen LogP) is 4.95. The second kappa shape index (κ2) is 6.98. The Morgan fingerprint density at radius 3 is 2.81 bits per heavy atom. The summed E-state index contributed by atoms with van der Waals surface area (Å²) in [4.78, 5) is 4.21. The van der Waals surface area contributed by atoms with Crippen molar-refractivity contribution in [1.29, 1.82) is 0 Å². The number of rotatable bonds is 6. The van der Waals surface area contributed by atoms with E-state index in [4.69, 9.17) is 16.3 Å². The van der Waals surface area contributed by atoms with Crippen LogP contribution in [-0.4, -0.2) is 23.1 Å². The summed E-state index contributed by atoms with van der Waals surface area (Å²) < 4.78 is 41.8. The largest absolute Gasteiger partial charge is 0.494 e. The number of ether oxygens (including phenoxy) is 1. The van der Waals surface area contributed by atoms with Gasteiger partial charge in [0.1, 0.15) is 5.75 Å². The molecule has 2 rings (SSSR count). The van der Waals surface area contributed by atoms with Crippen LogP contribution in [0.1, 0.15) is 19.3 Å². The van der Waals surface area contributed by atoms with Gasteiger partial charge in [0.25, 0.3) is 0 Å². The Morgan fingerprint density at radius 2 is 2.05 bits per heavy atom. The normalized spacial score (nSPS) is 13.3. The van der Waals surface area contributed by atoms with E-state index in [2.05, 4.69) is 4.98 Å². The lowest BCUT2D eigenvalue weighted by atomic mass is 10.2. The minimum Gasteiger partial charge on any atom is -0.494 e. The maximum Gasteiger partial charge on any atom is 0.390 e. The summed E-state index contributed by atoms with van der Waals surface area (Å²) in [7, 11) is 0. The third-order valence-electron chi connectivity index (χ3n) is 2.96. The van der Waals surface area contributed by atoms with Crippen molar-refractivity contribution in [3.8, 4) is 5.75 Å². The van der Waals surface area contributed by atoms with Gasteiger partial charge in [0.2, 0.25) is 0 Å². The molecular formula is C15H15ClF3NO. The molecule has 1 atom stereocenters. The molecule has 0 saturated heterocycles. The van der Waals surface area contributed by atoms with Gasteiger partial charge < -0.3 is 4.74 Å². The van der Waals surface area contributed by atoms with Crippen LogP contribution in [0.3, 0.4) is 0 Å². The molecule has 0 amide bonds. The van der Waals surface area contributed by atoms with E-state index in [1.54, 1.807) is 6.20 Å². The van der Waals surface area contributed by atoms with Gasteiger partial charge >= 0.3 is 6.18 Å². The highest BCUT2D eigenvalue weighted by atomic mass is 35.5. The number of aromatic nitrogens is 1. The van der Waals surface area contributed by atoms with Crippen molar-refractivity contribution in [2.75, 3.05) is 6.61 Å². The molecule has 0 aliphatic rings. The van der Waals surface area contributed by atoms with Crippen LogP contribution in [0.4, 0.5) is 13.2 Å². The van der Waals surface area contributed by atoms with Gasteiger partial charge in [-0.3, -0.25) is 4.98 Å². The number of benzene rings is 1. The summed E-state index contributed by atoms with van der Waals surface area (Å²) in [6.45, 7) is 0.333. The van der Waals surface area contributed by atoms with Crippen LogP contribution >= 0.6 is 11.6 Å². The number of pyridine rings is 1. The molecular weight excluding hydrogens is 303 g/mol. The molecule has 0 spiro atoms. The first-order chi connectivity index (χ1) is 9.94. The average Bonchev–Trinajstić information content (AvgIpc) is 2.41. The second-order valence-corrected chi connectivity index (χ2v) is 5.38. The van der Waals surface area contributed by atoms with Crippen molar-refractivity contribution in [3.63, 3.8) is 0 Å². The topological polar surface area (TPSA) is 22.1 Å². The van der Waals surface area contributed by atoms with Crippen molar-refractivity contribution in [2.24, 2.45) is 0 Å². The van der Waals surface area contributed by atoms with Gasteiger partial charge in [-0.1, -0.05) is 6.07 Å². The highest BCUT2D eigenvalue weighted by molar-refractivity contribution is 6.20. The molecule has 0 aliphatic heterocycles. The van der Waals surface area contributed by atoms with E-state index in [1.807, 2.05) is 30.3 Å². The number of fused-ring (bicyclic) bond motifs is 1. The Balaban J connectivity index is 1.77. The first-order valence-electron chi connectivity index (χ1n) is 6.62. The molecule has 0 aliphatic carbocycles. The molecule has 0 radical (unpaired) electrons.